The van der Waals surface area contributed by atoms with Crippen molar-refractivity contribution in [1.29, 1.82) is 0 Å². The van der Waals surface area contributed by atoms with Gasteiger partial charge in [0.25, 0.3) is 0 Å². The van der Waals surface area contributed by atoms with E-state index in [1.807, 2.05) is 16.7 Å². The molecule has 158 valence electrons. The second-order valence-corrected chi connectivity index (χ2v) is 7.29. The van der Waals surface area contributed by atoms with Crippen LogP contribution in [0.15, 0.2) is 30.9 Å². The van der Waals surface area contributed by atoms with Crippen molar-refractivity contribution in [2.75, 3.05) is 57.7 Å². The van der Waals surface area contributed by atoms with Crippen LogP contribution in [0.25, 0.3) is 0 Å². The van der Waals surface area contributed by atoms with Gasteiger partial charge in [0.1, 0.15) is 0 Å². The first-order valence-electron chi connectivity index (χ1n) is 9.53. The van der Waals surface area contributed by atoms with Crippen LogP contribution in [-0.4, -0.2) is 79.9 Å². The predicted molar refractivity (Wildman–Crippen MR) is 114 cm³/mol. The number of carbonyl (C=O) groups is 3. The Hall–Kier alpha value is -2.42. The van der Waals surface area contributed by atoms with E-state index in [9.17, 15) is 14.4 Å². The number of hydrogen-bond acceptors (Lipinski definition) is 5. The molecule has 29 heavy (non-hydrogen) atoms. The molecule has 9 heteroatoms. The smallest absolute Gasteiger partial charge is 0.243 e. The number of amides is 3. The Bertz CT molecular complexity index is 748. The van der Waals surface area contributed by atoms with E-state index >= 15 is 0 Å². The molecule has 0 saturated carbocycles. The van der Waals surface area contributed by atoms with Crippen LogP contribution in [0.2, 0.25) is 5.02 Å². The first-order valence-corrected chi connectivity index (χ1v) is 9.90. The number of nitrogens with one attached hydrogen (secondary N) is 3. The Morgan fingerprint density at radius 1 is 1.03 bits per heavy atom. The predicted octanol–water partition coefficient (Wildman–Crippen LogP) is 0.623. The Morgan fingerprint density at radius 2 is 1.62 bits per heavy atom. The first kappa shape index (κ1) is 22.9. The van der Waals surface area contributed by atoms with Gasteiger partial charge in [0.15, 0.2) is 0 Å². The Balaban J connectivity index is 1.66. The van der Waals surface area contributed by atoms with E-state index in [-0.39, 0.29) is 30.8 Å². The highest BCUT2D eigenvalue weighted by Gasteiger charge is 2.20. The summed E-state index contributed by atoms with van der Waals surface area (Å²) < 4.78 is 0. The molecule has 1 saturated heterocycles. The number of anilines is 1. The van der Waals surface area contributed by atoms with Gasteiger partial charge in [0.05, 0.1) is 19.6 Å². The zero-order valence-electron chi connectivity index (χ0n) is 16.7. The maximum atomic E-state index is 12.1. The number of benzene rings is 1. The van der Waals surface area contributed by atoms with Gasteiger partial charge in [0.2, 0.25) is 17.7 Å². The number of piperazine rings is 1. The number of rotatable bonds is 9. The third-order valence-electron chi connectivity index (χ3n) is 4.63. The molecule has 1 aromatic rings. The van der Waals surface area contributed by atoms with Crippen molar-refractivity contribution in [2.24, 2.45) is 0 Å². The fourth-order valence-corrected chi connectivity index (χ4v) is 3.10. The Morgan fingerprint density at radius 3 is 2.21 bits per heavy atom. The van der Waals surface area contributed by atoms with Crippen LogP contribution in [0, 0.1) is 6.92 Å². The van der Waals surface area contributed by atoms with Gasteiger partial charge in [-0.2, -0.15) is 0 Å². The fraction of sp³-hybridized carbons (Fsp3) is 0.450. The molecule has 1 aliphatic rings. The highest BCUT2D eigenvalue weighted by atomic mass is 35.5. The average Bonchev–Trinajstić information content (AvgIpc) is 2.70. The van der Waals surface area contributed by atoms with Crippen molar-refractivity contribution >= 4 is 35.0 Å². The van der Waals surface area contributed by atoms with Crippen molar-refractivity contribution in [1.82, 2.24) is 20.4 Å². The molecule has 1 fully saturated rings. The topological polar surface area (TPSA) is 93.8 Å². The second kappa shape index (κ2) is 11.5. The summed E-state index contributed by atoms with van der Waals surface area (Å²) in [7, 11) is 0. The highest BCUT2D eigenvalue weighted by molar-refractivity contribution is 6.31. The highest BCUT2D eigenvalue weighted by Crippen LogP contribution is 2.22. The van der Waals surface area contributed by atoms with E-state index in [0.29, 0.717) is 50.0 Å². The minimum Gasteiger partial charge on any atom is -0.352 e. The van der Waals surface area contributed by atoms with Crippen molar-refractivity contribution in [3.8, 4) is 0 Å². The van der Waals surface area contributed by atoms with Crippen LogP contribution >= 0.6 is 11.6 Å². The molecule has 1 heterocycles. The summed E-state index contributed by atoms with van der Waals surface area (Å²) in [6.07, 6.45) is 1.64. The Kier molecular flexibility index (Phi) is 9.11. The fourth-order valence-electron chi connectivity index (χ4n) is 2.93. The van der Waals surface area contributed by atoms with Crippen LogP contribution in [0.5, 0.6) is 0 Å². The molecule has 2 rings (SSSR count). The van der Waals surface area contributed by atoms with Crippen LogP contribution in [0.1, 0.15) is 5.56 Å². The molecule has 0 unspecified atom stereocenters. The molecule has 8 nitrogen and oxygen atoms in total. The van der Waals surface area contributed by atoms with Gasteiger partial charge in [-0.25, -0.2) is 0 Å². The maximum absolute atomic E-state index is 12.1. The van der Waals surface area contributed by atoms with Gasteiger partial charge in [-0.05, 0) is 24.6 Å². The lowest BCUT2D eigenvalue weighted by Crippen LogP contribution is -2.51. The van der Waals surface area contributed by atoms with E-state index in [1.54, 1.807) is 24.3 Å². The van der Waals surface area contributed by atoms with E-state index in [1.165, 1.54) is 0 Å². The molecule has 1 aliphatic heterocycles. The van der Waals surface area contributed by atoms with Crippen LogP contribution in [-0.2, 0) is 14.4 Å². The monoisotopic (exact) mass is 421 g/mol. The lowest BCUT2D eigenvalue weighted by atomic mass is 10.2. The summed E-state index contributed by atoms with van der Waals surface area (Å²) in [6.45, 7) is 9.12. The lowest BCUT2D eigenvalue weighted by molar-refractivity contribution is -0.126. The molecule has 3 amide bonds. The molecule has 3 N–H and O–H groups in total. The lowest BCUT2D eigenvalue weighted by Gasteiger charge is -2.33. The SMILES string of the molecule is C=CCNC(=O)CN1CCN(CC(=O)NCC(=O)Nc2cccc(Cl)c2C)CC1. The first-order chi connectivity index (χ1) is 13.9. The standard InChI is InChI=1S/C20H28ClN5O3/c1-3-7-22-19(28)13-25-8-10-26(11-9-25)14-20(29)23-12-18(27)24-17-6-4-5-16(21)15(17)2/h3-6H,1,7-14H2,2H3,(H,22,28)(H,23,29)(H,24,27). The van der Waals surface area contributed by atoms with Crippen LogP contribution < -0.4 is 16.0 Å². The summed E-state index contributed by atoms with van der Waals surface area (Å²) in [5.41, 5.74) is 1.41. The number of hydrogen-bond donors (Lipinski definition) is 3. The molecule has 1 aromatic carbocycles. The molecule has 0 spiro atoms. The minimum absolute atomic E-state index is 0.0305. The van der Waals surface area contributed by atoms with Crippen LogP contribution in [0.3, 0.4) is 0 Å². The summed E-state index contributed by atoms with van der Waals surface area (Å²) in [5.74, 6) is -0.545. The van der Waals surface area contributed by atoms with Gasteiger partial charge < -0.3 is 16.0 Å². The van der Waals surface area contributed by atoms with E-state index in [2.05, 4.69) is 22.5 Å². The summed E-state index contributed by atoms with van der Waals surface area (Å²) in [5, 5.41) is 8.71. The van der Waals surface area contributed by atoms with E-state index < -0.39 is 0 Å². The van der Waals surface area contributed by atoms with Gasteiger partial charge in [-0.3, -0.25) is 24.2 Å². The normalized spacial score (nSPS) is 14.8. The van der Waals surface area contributed by atoms with Crippen molar-refractivity contribution in [3.63, 3.8) is 0 Å². The molecule has 0 atom stereocenters. The average molecular weight is 422 g/mol. The summed E-state index contributed by atoms with van der Waals surface area (Å²) in [6, 6.07) is 5.27. The van der Waals surface area contributed by atoms with Gasteiger partial charge in [-0.15, -0.1) is 6.58 Å². The Labute approximate surface area is 176 Å². The molecule has 0 radical (unpaired) electrons. The van der Waals surface area contributed by atoms with Gasteiger partial charge >= 0.3 is 0 Å². The molecule has 0 bridgehead atoms. The zero-order chi connectivity index (χ0) is 21.2. The van der Waals surface area contributed by atoms with Crippen molar-refractivity contribution in [3.05, 3.63) is 41.4 Å². The number of carbonyl (C=O) groups excluding carboxylic acids is 3. The third kappa shape index (κ3) is 7.84. The van der Waals surface area contributed by atoms with Gasteiger partial charge in [-0.1, -0.05) is 23.7 Å². The maximum Gasteiger partial charge on any atom is 0.243 e. The van der Waals surface area contributed by atoms with Gasteiger partial charge in [0, 0.05) is 43.4 Å². The number of nitrogens with zero attached hydrogens (tertiary/aromatic N) is 2. The third-order valence-corrected chi connectivity index (χ3v) is 5.04. The second-order valence-electron chi connectivity index (χ2n) is 6.88. The van der Waals surface area contributed by atoms with E-state index in [4.69, 9.17) is 11.6 Å². The summed E-state index contributed by atoms with van der Waals surface area (Å²) in [4.78, 5) is 40.0. The number of halogens is 1. The summed E-state index contributed by atoms with van der Waals surface area (Å²) >= 11 is 6.04. The zero-order valence-corrected chi connectivity index (χ0v) is 17.4. The molecular weight excluding hydrogens is 394 g/mol. The largest absolute Gasteiger partial charge is 0.352 e. The minimum atomic E-state index is -0.306. The molecule has 0 aromatic heterocycles. The molecular formula is C20H28ClN5O3. The molecule has 0 aliphatic carbocycles. The van der Waals surface area contributed by atoms with Crippen LogP contribution in [0.4, 0.5) is 5.69 Å². The van der Waals surface area contributed by atoms with Crippen molar-refractivity contribution < 1.29 is 14.4 Å². The quantitative estimate of drug-likeness (QED) is 0.508. The van der Waals surface area contributed by atoms with E-state index in [0.717, 1.165) is 5.56 Å². The van der Waals surface area contributed by atoms with Crippen molar-refractivity contribution in [2.45, 2.75) is 6.92 Å².